The Morgan fingerprint density at radius 1 is 1.15 bits per heavy atom. The SMILES string of the molecule is CCC(C(=O)O)C(NC(CC)(CC)C(C)C)C(=O)NC. The molecule has 118 valence electrons. The molecule has 0 aromatic rings. The number of amides is 1. The number of nitrogens with one attached hydrogen (secondary N) is 2. The maximum Gasteiger partial charge on any atom is 0.308 e. The summed E-state index contributed by atoms with van der Waals surface area (Å²) in [5, 5.41) is 15.3. The number of carboxylic acids is 1. The fraction of sp³-hybridized carbons (Fsp3) is 0.867. The molecule has 1 amide bonds. The van der Waals surface area contributed by atoms with Crippen LogP contribution in [0.3, 0.4) is 0 Å². The highest BCUT2D eigenvalue weighted by atomic mass is 16.4. The highest BCUT2D eigenvalue weighted by Gasteiger charge is 2.39. The van der Waals surface area contributed by atoms with Gasteiger partial charge in [-0.15, -0.1) is 0 Å². The number of hydrogen-bond donors (Lipinski definition) is 3. The number of carboxylic acid groups (broad SMARTS) is 1. The Morgan fingerprint density at radius 3 is 1.90 bits per heavy atom. The van der Waals surface area contributed by atoms with Crippen LogP contribution < -0.4 is 10.6 Å². The van der Waals surface area contributed by atoms with E-state index in [0.717, 1.165) is 12.8 Å². The van der Waals surface area contributed by atoms with Gasteiger partial charge in [-0.05, 0) is 25.2 Å². The summed E-state index contributed by atoms with van der Waals surface area (Å²) in [5.74, 6) is -1.59. The van der Waals surface area contributed by atoms with E-state index in [2.05, 4.69) is 38.3 Å². The van der Waals surface area contributed by atoms with Crippen LogP contribution in [-0.4, -0.2) is 35.6 Å². The molecule has 0 aromatic heterocycles. The first-order valence-corrected chi connectivity index (χ1v) is 7.51. The molecule has 0 rings (SSSR count). The maximum absolute atomic E-state index is 12.1. The van der Waals surface area contributed by atoms with Crippen LogP contribution in [0.1, 0.15) is 53.9 Å². The molecule has 0 aliphatic carbocycles. The predicted octanol–water partition coefficient (Wildman–Crippen LogP) is 2.02. The summed E-state index contributed by atoms with van der Waals surface area (Å²) in [6, 6.07) is -0.704. The highest BCUT2D eigenvalue weighted by Crippen LogP contribution is 2.27. The first-order chi connectivity index (χ1) is 9.29. The summed E-state index contributed by atoms with van der Waals surface area (Å²) in [6.07, 6.45) is 2.12. The zero-order valence-corrected chi connectivity index (χ0v) is 13.6. The van der Waals surface area contributed by atoms with E-state index in [4.69, 9.17) is 0 Å². The lowest BCUT2D eigenvalue weighted by atomic mass is 9.79. The van der Waals surface area contributed by atoms with E-state index in [0.29, 0.717) is 12.3 Å². The molecule has 5 heteroatoms. The van der Waals surface area contributed by atoms with Crippen LogP contribution >= 0.6 is 0 Å². The van der Waals surface area contributed by atoms with Crippen LogP contribution in [0, 0.1) is 11.8 Å². The van der Waals surface area contributed by atoms with Gasteiger partial charge in [-0.1, -0.05) is 34.6 Å². The summed E-state index contributed by atoms with van der Waals surface area (Å²) in [7, 11) is 1.54. The topological polar surface area (TPSA) is 78.4 Å². The van der Waals surface area contributed by atoms with Gasteiger partial charge in [0, 0.05) is 12.6 Å². The van der Waals surface area contributed by atoms with Crippen molar-refractivity contribution >= 4 is 11.9 Å². The van der Waals surface area contributed by atoms with E-state index in [1.165, 1.54) is 0 Å². The molecule has 0 aliphatic heterocycles. The fourth-order valence-corrected chi connectivity index (χ4v) is 2.80. The molecule has 0 aliphatic rings. The average Bonchev–Trinajstić information content (AvgIpc) is 2.42. The number of rotatable bonds is 9. The Kier molecular flexibility index (Phi) is 7.79. The minimum atomic E-state index is -0.932. The molecular weight excluding hydrogens is 256 g/mol. The van der Waals surface area contributed by atoms with Crippen molar-refractivity contribution in [2.24, 2.45) is 11.8 Å². The van der Waals surface area contributed by atoms with Gasteiger partial charge in [-0.3, -0.25) is 14.9 Å². The molecule has 0 fully saturated rings. The molecule has 0 spiro atoms. The zero-order chi connectivity index (χ0) is 15.9. The molecule has 2 unspecified atom stereocenters. The molecule has 3 N–H and O–H groups in total. The Morgan fingerprint density at radius 2 is 1.65 bits per heavy atom. The molecule has 0 bridgehead atoms. The molecule has 0 saturated carbocycles. The third kappa shape index (κ3) is 4.20. The highest BCUT2D eigenvalue weighted by molar-refractivity contribution is 5.87. The number of hydrogen-bond acceptors (Lipinski definition) is 3. The molecule has 0 aromatic carbocycles. The Balaban J connectivity index is 5.44. The second-order valence-electron chi connectivity index (χ2n) is 5.61. The Bertz CT molecular complexity index is 325. The normalized spacial score (nSPS) is 14.9. The van der Waals surface area contributed by atoms with Gasteiger partial charge in [0.15, 0.2) is 0 Å². The van der Waals surface area contributed by atoms with E-state index < -0.39 is 17.9 Å². The molecule has 0 heterocycles. The first kappa shape index (κ1) is 18.9. The molecule has 5 nitrogen and oxygen atoms in total. The smallest absolute Gasteiger partial charge is 0.308 e. The molecular formula is C15H30N2O3. The van der Waals surface area contributed by atoms with Gasteiger partial charge in [0.2, 0.25) is 5.91 Å². The van der Waals surface area contributed by atoms with Crippen molar-refractivity contribution in [3.8, 4) is 0 Å². The van der Waals surface area contributed by atoms with Crippen LogP contribution in [0.2, 0.25) is 0 Å². The zero-order valence-electron chi connectivity index (χ0n) is 13.6. The van der Waals surface area contributed by atoms with Crippen LogP contribution in [0.25, 0.3) is 0 Å². The number of carbonyl (C=O) groups is 2. The second-order valence-corrected chi connectivity index (χ2v) is 5.61. The van der Waals surface area contributed by atoms with E-state index in [1.807, 2.05) is 0 Å². The van der Waals surface area contributed by atoms with Gasteiger partial charge in [0.05, 0.1) is 5.92 Å². The summed E-state index contributed by atoms with van der Waals surface area (Å²) < 4.78 is 0. The van der Waals surface area contributed by atoms with Crippen LogP contribution in [0.15, 0.2) is 0 Å². The molecule has 0 saturated heterocycles. The minimum Gasteiger partial charge on any atom is -0.481 e. The van der Waals surface area contributed by atoms with Crippen molar-refractivity contribution in [2.45, 2.75) is 65.5 Å². The predicted molar refractivity (Wildman–Crippen MR) is 80.6 cm³/mol. The number of carbonyl (C=O) groups excluding carboxylic acids is 1. The molecule has 20 heavy (non-hydrogen) atoms. The first-order valence-electron chi connectivity index (χ1n) is 7.51. The van der Waals surface area contributed by atoms with Gasteiger partial charge in [0.25, 0.3) is 0 Å². The number of likely N-dealkylation sites (N-methyl/N-ethyl adjacent to an activating group) is 1. The summed E-state index contributed by atoms with van der Waals surface area (Å²) in [6.45, 7) is 10.1. The number of aliphatic carboxylic acids is 1. The summed E-state index contributed by atoms with van der Waals surface area (Å²) in [5.41, 5.74) is -0.222. The van der Waals surface area contributed by atoms with Crippen LogP contribution in [0.4, 0.5) is 0 Å². The standard InChI is InChI=1S/C15H30N2O3/c1-7-11(14(19)20)12(13(18)16-6)17-15(8-2,9-3)10(4)5/h10-12,17H,7-9H2,1-6H3,(H,16,18)(H,19,20). The van der Waals surface area contributed by atoms with Crippen molar-refractivity contribution < 1.29 is 14.7 Å². The molecule has 2 atom stereocenters. The Labute approximate surface area is 122 Å². The van der Waals surface area contributed by atoms with Crippen molar-refractivity contribution in [1.82, 2.24) is 10.6 Å². The lowest BCUT2D eigenvalue weighted by molar-refractivity contribution is -0.146. The van der Waals surface area contributed by atoms with Gasteiger partial charge in [-0.25, -0.2) is 0 Å². The Hall–Kier alpha value is -1.10. The summed E-state index contributed by atoms with van der Waals surface area (Å²) >= 11 is 0. The van der Waals surface area contributed by atoms with Gasteiger partial charge < -0.3 is 10.4 Å². The average molecular weight is 286 g/mol. The fourth-order valence-electron chi connectivity index (χ4n) is 2.80. The van der Waals surface area contributed by atoms with E-state index in [1.54, 1.807) is 14.0 Å². The van der Waals surface area contributed by atoms with Crippen molar-refractivity contribution in [2.75, 3.05) is 7.05 Å². The van der Waals surface area contributed by atoms with Crippen molar-refractivity contribution in [3.63, 3.8) is 0 Å². The van der Waals surface area contributed by atoms with Crippen molar-refractivity contribution in [1.29, 1.82) is 0 Å². The third-order valence-electron chi connectivity index (χ3n) is 4.50. The van der Waals surface area contributed by atoms with E-state index >= 15 is 0 Å². The third-order valence-corrected chi connectivity index (χ3v) is 4.50. The minimum absolute atomic E-state index is 0.222. The summed E-state index contributed by atoms with van der Waals surface area (Å²) in [4.78, 5) is 23.5. The lowest BCUT2D eigenvalue weighted by Gasteiger charge is -2.41. The monoisotopic (exact) mass is 286 g/mol. The van der Waals surface area contributed by atoms with Crippen LogP contribution in [0.5, 0.6) is 0 Å². The lowest BCUT2D eigenvalue weighted by Crippen LogP contribution is -2.60. The van der Waals surface area contributed by atoms with Gasteiger partial charge in [0.1, 0.15) is 6.04 Å². The van der Waals surface area contributed by atoms with E-state index in [9.17, 15) is 14.7 Å². The molecule has 0 radical (unpaired) electrons. The van der Waals surface area contributed by atoms with Crippen molar-refractivity contribution in [3.05, 3.63) is 0 Å². The van der Waals surface area contributed by atoms with E-state index in [-0.39, 0.29) is 11.4 Å². The quantitative estimate of drug-likeness (QED) is 0.606. The van der Waals surface area contributed by atoms with Gasteiger partial charge in [-0.2, -0.15) is 0 Å². The maximum atomic E-state index is 12.1. The van der Waals surface area contributed by atoms with Crippen LogP contribution in [-0.2, 0) is 9.59 Å². The van der Waals surface area contributed by atoms with Gasteiger partial charge >= 0.3 is 5.97 Å². The largest absolute Gasteiger partial charge is 0.481 e. The second kappa shape index (κ2) is 8.25.